The minimum Gasteiger partial charge on any atom is -0.375 e. The van der Waals surface area contributed by atoms with Crippen molar-refractivity contribution in [1.82, 2.24) is 15.0 Å². The Kier molecular flexibility index (Phi) is 4.86. The second kappa shape index (κ2) is 6.37. The van der Waals surface area contributed by atoms with Crippen LogP contribution >= 0.6 is 0 Å². The quantitative estimate of drug-likeness (QED) is 0.244. The van der Waals surface area contributed by atoms with E-state index in [9.17, 15) is 22.8 Å². The van der Waals surface area contributed by atoms with Gasteiger partial charge in [-0.2, -0.15) is 13.5 Å². The molecule has 2 bridgehead atoms. The van der Waals surface area contributed by atoms with Crippen LogP contribution < -0.4 is 5.84 Å². The predicted octanol–water partition coefficient (Wildman–Crippen LogP) is -2.14. The van der Waals surface area contributed by atoms with Gasteiger partial charge in [0.2, 0.25) is 0 Å². The van der Waals surface area contributed by atoms with Crippen LogP contribution in [0.4, 0.5) is 4.79 Å². The molecule has 2 aliphatic heterocycles. The minimum atomic E-state index is -4.87. The number of nitrogens with two attached hydrogens (primary N) is 1. The highest BCUT2D eigenvalue weighted by molar-refractivity contribution is 7.80. The van der Waals surface area contributed by atoms with Crippen molar-refractivity contribution < 1.29 is 36.4 Å². The molecule has 0 spiro atoms. The Balaban J connectivity index is 2.12. The fourth-order valence-corrected chi connectivity index (χ4v) is 2.95. The summed E-state index contributed by atoms with van der Waals surface area (Å²) in [7, 11) is -3.61. The molecule has 0 aromatic carbocycles. The fourth-order valence-electron chi connectivity index (χ4n) is 2.56. The molecule has 0 aromatic heterocycles. The van der Waals surface area contributed by atoms with Gasteiger partial charge in [0.05, 0.1) is 6.04 Å². The molecule has 2 saturated heterocycles. The number of urea groups is 1. The Bertz CT molecular complexity index is 622. The van der Waals surface area contributed by atoms with Gasteiger partial charge >= 0.3 is 16.4 Å². The molecule has 23 heavy (non-hydrogen) atoms. The highest BCUT2D eigenvalue weighted by atomic mass is 32.3. The Morgan fingerprint density at radius 3 is 2.65 bits per heavy atom. The normalized spacial score (nSPS) is 24.0. The lowest BCUT2D eigenvalue weighted by molar-refractivity contribution is -0.150. The molecule has 130 valence electrons. The summed E-state index contributed by atoms with van der Waals surface area (Å²) in [4.78, 5) is 37.0. The fraction of sp³-hybridized carbons (Fsp3) is 0.700. The Morgan fingerprint density at radius 1 is 1.43 bits per heavy atom. The van der Waals surface area contributed by atoms with Crippen molar-refractivity contribution in [2.45, 2.75) is 24.9 Å². The van der Waals surface area contributed by atoms with E-state index >= 15 is 0 Å². The topological polar surface area (TPSA) is 160 Å². The van der Waals surface area contributed by atoms with Crippen molar-refractivity contribution in [3.63, 3.8) is 0 Å². The zero-order valence-corrected chi connectivity index (χ0v) is 12.9. The number of carbonyl (C=O) groups excluding carboxylic acids is 3. The lowest BCUT2D eigenvalue weighted by Gasteiger charge is -2.31. The summed E-state index contributed by atoms with van der Waals surface area (Å²) in [6.07, 6.45) is 0.398. The zero-order valence-electron chi connectivity index (χ0n) is 12.1. The molecule has 4 amide bonds. The average molecular weight is 352 g/mol. The molecule has 2 rings (SSSR count). The number of nitrogens with zero attached hydrogens (tertiary/aromatic N) is 3. The van der Waals surface area contributed by atoms with E-state index in [0.717, 1.165) is 4.90 Å². The van der Waals surface area contributed by atoms with Crippen LogP contribution in [0, 0.1) is 0 Å². The average Bonchev–Trinajstić information content (AvgIpc) is 2.70. The van der Waals surface area contributed by atoms with Crippen molar-refractivity contribution in [2.75, 3.05) is 20.3 Å². The Labute approximate surface area is 131 Å². The van der Waals surface area contributed by atoms with Crippen LogP contribution in [-0.2, 0) is 29.0 Å². The van der Waals surface area contributed by atoms with E-state index in [1.807, 2.05) is 0 Å². The van der Waals surface area contributed by atoms with E-state index in [0.29, 0.717) is 10.1 Å². The van der Waals surface area contributed by atoms with Crippen molar-refractivity contribution in [3.05, 3.63) is 0 Å². The number of hydrogen-bond acceptors (Lipinski definition) is 8. The number of hydrogen-bond donors (Lipinski definition) is 2. The van der Waals surface area contributed by atoms with Crippen molar-refractivity contribution in [3.8, 4) is 0 Å². The molecule has 0 unspecified atom stereocenters. The van der Waals surface area contributed by atoms with Crippen molar-refractivity contribution in [2.24, 2.45) is 5.84 Å². The molecule has 2 atom stereocenters. The van der Waals surface area contributed by atoms with Gasteiger partial charge in [0.15, 0.2) is 0 Å². The van der Waals surface area contributed by atoms with Gasteiger partial charge in [-0.05, 0) is 12.8 Å². The summed E-state index contributed by atoms with van der Waals surface area (Å²) >= 11 is 0. The highest BCUT2D eigenvalue weighted by Gasteiger charge is 2.50. The molecule has 12 nitrogen and oxygen atoms in total. The van der Waals surface area contributed by atoms with E-state index in [-0.39, 0.29) is 19.4 Å². The van der Waals surface area contributed by atoms with Gasteiger partial charge in [-0.1, -0.05) is 0 Å². The predicted molar refractivity (Wildman–Crippen MR) is 71.3 cm³/mol. The molecular weight excluding hydrogens is 336 g/mol. The molecule has 2 aliphatic rings. The number of imide groups is 1. The SMILES string of the molecule is COCC(=O)N(N)C(=O)[C@@H]1CC[C@@H]2CN1C(=O)N2OS(=O)(=O)O. The number of carbonyl (C=O) groups is 3. The van der Waals surface area contributed by atoms with Crippen molar-refractivity contribution in [1.29, 1.82) is 0 Å². The number of ether oxygens (including phenoxy) is 1. The second-order valence-electron chi connectivity index (χ2n) is 5.04. The van der Waals surface area contributed by atoms with E-state index in [4.69, 9.17) is 10.4 Å². The molecule has 2 fully saturated rings. The van der Waals surface area contributed by atoms with Gasteiger partial charge in [0.1, 0.15) is 12.6 Å². The minimum absolute atomic E-state index is 0.0110. The molecular formula is C10H16N4O8S. The second-order valence-corrected chi connectivity index (χ2v) is 6.05. The number of amides is 4. The van der Waals surface area contributed by atoms with Crippen LogP contribution in [0.15, 0.2) is 0 Å². The van der Waals surface area contributed by atoms with Gasteiger partial charge < -0.3 is 9.64 Å². The van der Waals surface area contributed by atoms with Gasteiger partial charge in [0.25, 0.3) is 11.8 Å². The molecule has 0 aliphatic carbocycles. The third kappa shape index (κ3) is 3.59. The van der Waals surface area contributed by atoms with Gasteiger partial charge in [-0.15, -0.1) is 4.28 Å². The summed E-state index contributed by atoms with van der Waals surface area (Å²) in [6, 6.07) is -2.56. The largest absolute Gasteiger partial charge is 0.418 e. The molecule has 13 heteroatoms. The Morgan fingerprint density at radius 2 is 2.09 bits per heavy atom. The lowest BCUT2D eigenvalue weighted by atomic mass is 10.00. The molecule has 0 radical (unpaired) electrons. The van der Waals surface area contributed by atoms with Crippen LogP contribution in [0.25, 0.3) is 0 Å². The number of hydroxylamine groups is 2. The van der Waals surface area contributed by atoms with Gasteiger partial charge in [-0.25, -0.2) is 15.6 Å². The van der Waals surface area contributed by atoms with E-state index in [1.54, 1.807) is 0 Å². The van der Waals surface area contributed by atoms with Crippen LogP contribution in [-0.4, -0.2) is 78.1 Å². The highest BCUT2D eigenvalue weighted by Crippen LogP contribution is 2.31. The summed E-state index contributed by atoms with van der Waals surface area (Å²) < 4.78 is 39.1. The lowest BCUT2D eigenvalue weighted by Crippen LogP contribution is -2.55. The first kappa shape index (κ1) is 17.6. The molecule has 0 aromatic rings. The maximum Gasteiger partial charge on any atom is 0.418 e. The number of rotatable bonds is 5. The van der Waals surface area contributed by atoms with Gasteiger partial charge in [0, 0.05) is 13.7 Å². The summed E-state index contributed by atoms with van der Waals surface area (Å²) in [5.74, 6) is 3.83. The number of piperidine rings is 1. The maximum absolute atomic E-state index is 12.2. The number of fused-ring (bicyclic) bond motifs is 2. The van der Waals surface area contributed by atoms with E-state index in [1.165, 1.54) is 7.11 Å². The third-order valence-corrected chi connectivity index (χ3v) is 3.91. The van der Waals surface area contributed by atoms with Crippen LogP contribution in [0.3, 0.4) is 0 Å². The van der Waals surface area contributed by atoms with Crippen LogP contribution in [0.5, 0.6) is 0 Å². The maximum atomic E-state index is 12.2. The standard InChI is InChI=1S/C10H16N4O8S/c1-21-5-8(15)13(11)9(16)7-3-2-6-4-12(7)10(17)14(6)22-23(18,19)20/h6-7H,2-5,11H2,1H3,(H,18,19,20)/t6-,7+/m1/s1. The zero-order chi connectivity index (χ0) is 17.4. The monoisotopic (exact) mass is 352 g/mol. The third-order valence-electron chi connectivity index (χ3n) is 3.56. The van der Waals surface area contributed by atoms with E-state index in [2.05, 4.69) is 9.02 Å². The smallest absolute Gasteiger partial charge is 0.375 e. The first-order valence-corrected chi connectivity index (χ1v) is 7.89. The Hall–Kier alpha value is -1.80. The summed E-state index contributed by atoms with van der Waals surface area (Å²) in [6.45, 7) is -0.388. The van der Waals surface area contributed by atoms with Crippen LogP contribution in [0.2, 0.25) is 0 Å². The molecule has 0 saturated carbocycles. The molecule has 3 N–H and O–H groups in total. The van der Waals surface area contributed by atoms with Crippen molar-refractivity contribution >= 4 is 28.2 Å². The van der Waals surface area contributed by atoms with Gasteiger partial charge in [-0.3, -0.25) is 14.1 Å². The summed E-state index contributed by atoms with van der Waals surface area (Å²) in [5.41, 5.74) is 0. The van der Waals surface area contributed by atoms with E-state index < -0.39 is 46.9 Å². The molecule has 2 heterocycles. The number of hydrazine groups is 1. The van der Waals surface area contributed by atoms with Crippen LogP contribution in [0.1, 0.15) is 12.8 Å². The first-order chi connectivity index (χ1) is 10.7. The number of methoxy groups -OCH3 is 1. The first-order valence-electron chi connectivity index (χ1n) is 6.53. The summed E-state index contributed by atoms with van der Waals surface area (Å²) in [5, 5.41) is 0.870.